The Labute approximate surface area is 187 Å². The molecule has 31 heavy (non-hydrogen) atoms. The van der Waals surface area contributed by atoms with E-state index in [1.807, 2.05) is 0 Å². The molecular weight excluding hydrogens is 414 g/mol. The van der Waals surface area contributed by atoms with Crippen molar-refractivity contribution in [1.29, 1.82) is 0 Å². The Kier molecular flexibility index (Phi) is 5.44. The molecule has 5 heteroatoms. The van der Waals surface area contributed by atoms with Crippen molar-refractivity contribution in [2.45, 2.75) is 0 Å². The molecule has 3 nitrogen and oxygen atoms in total. The predicted molar refractivity (Wildman–Crippen MR) is 132 cm³/mol. The summed E-state index contributed by atoms with van der Waals surface area (Å²) in [7, 11) is -2.76. The van der Waals surface area contributed by atoms with E-state index in [0.29, 0.717) is 0 Å². The first-order valence-corrected chi connectivity index (χ1v) is 12.9. The Hall–Kier alpha value is -3.54. The maximum atomic E-state index is 4.70. The Morgan fingerprint density at radius 3 is 1.35 bits per heavy atom. The van der Waals surface area contributed by atoms with Gasteiger partial charge in [-0.1, -0.05) is 109 Å². The van der Waals surface area contributed by atoms with E-state index < -0.39 is 8.24 Å². The summed E-state index contributed by atoms with van der Waals surface area (Å²) in [6.07, 6.45) is 1.65. The van der Waals surface area contributed by atoms with E-state index in [4.69, 9.17) is 4.98 Å². The highest BCUT2D eigenvalue weighted by atomic mass is 32.1. The number of anilines is 2. The minimum atomic E-state index is -2.76. The fourth-order valence-corrected chi connectivity index (χ4v) is 9.90. The van der Waals surface area contributed by atoms with Crippen molar-refractivity contribution in [3.8, 4) is 0 Å². The molecular formula is C26H21N3SSi. The molecule has 0 spiro atoms. The topological polar surface area (TPSA) is 29.0 Å². The predicted octanol–water partition coefficient (Wildman–Crippen LogP) is 4.34. The molecule has 5 aromatic rings. The molecule has 1 aromatic heterocycles. The molecule has 0 amide bonds. The second-order valence-corrected chi connectivity index (χ2v) is 11.6. The molecule has 5 rings (SSSR count). The van der Waals surface area contributed by atoms with Gasteiger partial charge in [0, 0.05) is 17.2 Å². The molecule has 0 bridgehead atoms. The lowest BCUT2D eigenvalue weighted by atomic mass is 10.3. The normalized spacial score (nSPS) is 11.2. The van der Waals surface area contributed by atoms with Crippen molar-refractivity contribution in [3.05, 3.63) is 128 Å². The molecule has 1 heterocycles. The van der Waals surface area contributed by atoms with Crippen molar-refractivity contribution < 1.29 is 0 Å². The van der Waals surface area contributed by atoms with Gasteiger partial charge < -0.3 is 4.57 Å². The first kappa shape index (κ1) is 19.4. The monoisotopic (exact) mass is 435 g/mol. The molecule has 0 fully saturated rings. The standard InChI is InChI=1S/C26H21N3SSi/c1-5-13-22(14-6-1)29(26-27-21-28-30-26)31(23-15-7-2-8-16-23,24-17-9-3-10-18-24)25-19-11-4-12-20-25/h1-21H. The summed E-state index contributed by atoms with van der Waals surface area (Å²) in [4.78, 5) is 4.70. The van der Waals surface area contributed by atoms with E-state index in [9.17, 15) is 0 Å². The zero-order chi connectivity index (χ0) is 20.9. The Bertz CT molecular complexity index is 1120. The van der Waals surface area contributed by atoms with Crippen molar-refractivity contribution in [3.63, 3.8) is 0 Å². The average molecular weight is 436 g/mol. The van der Waals surface area contributed by atoms with Crippen molar-refractivity contribution in [2.75, 3.05) is 4.57 Å². The number of nitrogens with zero attached hydrogens (tertiary/aromatic N) is 3. The van der Waals surface area contributed by atoms with Crippen LogP contribution < -0.4 is 20.1 Å². The second kappa shape index (κ2) is 8.68. The van der Waals surface area contributed by atoms with Crippen molar-refractivity contribution in [1.82, 2.24) is 9.36 Å². The molecule has 4 aromatic carbocycles. The van der Waals surface area contributed by atoms with Crippen LogP contribution in [0.2, 0.25) is 0 Å². The SMILES string of the molecule is c1ccc(N(c2ncns2)[Si](c2ccccc2)(c2ccccc2)c2ccccc2)cc1. The molecule has 0 aliphatic heterocycles. The van der Waals surface area contributed by atoms with Gasteiger partial charge in [-0.25, -0.2) is 4.98 Å². The maximum absolute atomic E-state index is 4.70. The Balaban J connectivity index is 1.93. The fraction of sp³-hybridized carbons (Fsp3) is 0. The number of hydrogen-bond donors (Lipinski definition) is 0. The molecule has 0 N–H and O–H groups in total. The van der Waals surface area contributed by atoms with Gasteiger partial charge in [-0.3, -0.25) is 0 Å². The molecule has 150 valence electrons. The summed E-state index contributed by atoms with van der Waals surface area (Å²) in [5, 5.41) is 4.79. The second-order valence-electron chi connectivity index (χ2n) is 7.20. The minimum absolute atomic E-state index is 0.898. The van der Waals surface area contributed by atoms with Crippen LogP contribution in [0.3, 0.4) is 0 Å². The van der Waals surface area contributed by atoms with Gasteiger partial charge in [-0.2, -0.15) is 4.37 Å². The van der Waals surface area contributed by atoms with Crippen LogP contribution >= 0.6 is 11.5 Å². The highest BCUT2D eigenvalue weighted by Gasteiger charge is 2.48. The van der Waals surface area contributed by atoms with Gasteiger partial charge in [0.05, 0.1) is 0 Å². The molecule has 0 aliphatic rings. The summed E-state index contributed by atoms with van der Waals surface area (Å²) in [5.41, 5.74) is 1.11. The maximum Gasteiger partial charge on any atom is 0.259 e. The van der Waals surface area contributed by atoms with Crippen LogP contribution in [-0.2, 0) is 0 Å². The van der Waals surface area contributed by atoms with Gasteiger partial charge >= 0.3 is 0 Å². The number of benzene rings is 4. The van der Waals surface area contributed by atoms with E-state index in [1.54, 1.807) is 6.33 Å². The summed E-state index contributed by atoms with van der Waals surface area (Å²) in [5.74, 6) is 0. The van der Waals surface area contributed by atoms with E-state index in [-0.39, 0.29) is 0 Å². The molecule has 0 radical (unpaired) electrons. The van der Waals surface area contributed by atoms with Crippen LogP contribution in [0.25, 0.3) is 0 Å². The van der Waals surface area contributed by atoms with Crippen LogP contribution in [0.1, 0.15) is 0 Å². The third-order valence-corrected chi connectivity index (χ3v) is 10.9. The van der Waals surface area contributed by atoms with Gasteiger partial charge in [0.1, 0.15) is 6.33 Å². The average Bonchev–Trinajstić information content (AvgIpc) is 3.39. The summed E-state index contributed by atoms with van der Waals surface area (Å²) in [6, 6.07) is 43.1. The molecule has 0 atom stereocenters. The molecule has 0 aliphatic carbocycles. The lowest BCUT2D eigenvalue weighted by Crippen LogP contribution is -2.76. The highest BCUT2D eigenvalue weighted by Crippen LogP contribution is 2.32. The quantitative estimate of drug-likeness (QED) is 0.293. The Morgan fingerprint density at radius 2 is 0.968 bits per heavy atom. The minimum Gasteiger partial charge on any atom is -0.331 e. The summed E-state index contributed by atoms with van der Waals surface area (Å²) >= 11 is 1.44. The number of aromatic nitrogens is 2. The van der Waals surface area contributed by atoms with Gasteiger partial charge in [0.25, 0.3) is 8.24 Å². The smallest absolute Gasteiger partial charge is 0.259 e. The van der Waals surface area contributed by atoms with Crippen LogP contribution in [-0.4, -0.2) is 17.6 Å². The van der Waals surface area contributed by atoms with Crippen LogP contribution in [0.4, 0.5) is 10.8 Å². The van der Waals surface area contributed by atoms with Crippen LogP contribution in [0.15, 0.2) is 128 Å². The lowest BCUT2D eigenvalue weighted by molar-refractivity contribution is 1.26. The lowest BCUT2D eigenvalue weighted by Gasteiger charge is -2.43. The number of para-hydroxylation sites is 1. The molecule has 0 unspecified atom stereocenters. The molecule has 0 saturated carbocycles. The van der Waals surface area contributed by atoms with E-state index in [0.717, 1.165) is 10.8 Å². The van der Waals surface area contributed by atoms with E-state index >= 15 is 0 Å². The van der Waals surface area contributed by atoms with Gasteiger partial charge in [-0.05, 0) is 27.7 Å². The summed E-state index contributed by atoms with van der Waals surface area (Å²) in [6.45, 7) is 0. The van der Waals surface area contributed by atoms with Crippen molar-refractivity contribution in [2.24, 2.45) is 0 Å². The zero-order valence-electron chi connectivity index (χ0n) is 16.9. The largest absolute Gasteiger partial charge is 0.331 e. The fourth-order valence-electron chi connectivity index (χ4n) is 4.22. The van der Waals surface area contributed by atoms with E-state index in [1.165, 1.54) is 27.1 Å². The van der Waals surface area contributed by atoms with E-state index in [2.05, 4.69) is 130 Å². The third-order valence-electron chi connectivity index (χ3n) is 5.47. The van der Waals surface area contributed by atoms with Gasteiger partial charge in [-0.15, -0.1) is 0 Å². The van der Waals surface area contributed by atoms with Crippen LogP contribution in [0, 0.1) is 0 Å². The number of hydrogen-bond acceptors (Lipinski definition) is 4. The van der Waals surface area contributed by atoms with Gasteiger partial charge in [0.15, 0.2) is 0 Å². The number of rotatable bonds is 6. The third kappa shape index (κ3) is 3.48. The zero-order valence-corrected chi connectivity index (χ0v) is 18.7. The summed E-state index contributed by atoms with van der Waals surface area (Å²) < 4.78 is 6.82. The first-order chi connectivity index (χ1) is 15.4. The highest BCUT2D eigenvalue weighted by molar-refractivity contribution is 7.18. The van der Waals surface area contributed by atoms with Gasteiger partial charge in [0.2, 0.25) is 5.13 Å². The molecule has 0 saturated heterocycles. The first-order valence-electron chi connectivity index (χ1n) is 10.2. The van der Waals surface area contributed by atoms with Crippen molar-refractivity contribution >= 4 is 46.1 Å². The Morgan fingerprint density at radius 1 is 0.548 bits per heavy atom. The van der Waals surface area contributed by atoms with Crippen LogP contribution in [0.5, 0.6) is 0 Å².